The van der Waals surface area contributed by atoms with Crippen molar-refractivity contribution in [2.45, 2.75) is 25.7 Å². The van der Waals surface area contributed by atoms with Crippen LogP contribution in [0.4, 0.5) is 0 Å². The van der Waals surface area contributed by atoms with E-state index in [1.165, 1.54) is 14.2 Å². The molecular weight excluding hydrogens is 244 g/mol. The van der Waals surface area contributed by atoms with E-state index in [1.807, 2.05) is 0 Å². The van der Waals surface area contributed by atoms with Crippen molar-refractivity contribution in [2.24, 2.45) is 5.41 Å². The van der Waals surface area contributed by atoms with Gasteiger partial charge in [0.1, 0.15) is 11.5 Å². The quantitative estimate of drug-likeness (QED) is 0.767. The van der Waals surface area contributed by atoms with Gasteiger partial charge in [-0.2, -0.15) is 0 Å². The summed E-state index contributed by atoms with van der Waals surface area (Å²) in [5.41, 5.74) is -0.0212. The standard InChI is InChI=1S/C15H16O4/c1-18-9-5-6-10(19-2)12-11(9)13(16)15(14(12)17)7-3-4-8-15/h5-6H,3-4,7-8H2,1-2H3. The van der Waals surface area contributed by atoms with Gasteiger partial charge in [0.15, 0.2) is 11.6 Å². The summed E-state index contributed by atoms with van der Waals surface area (Å²) >= 11 is 0. The van der Waals surface area contributed by atoms with Crippen LogP contribution in [0.25, 0.3) is 0 Å². The first-order valence-corrected chi connectivity index (χ1v) is 6.50. The molecule has 4 heteroatoms. The average Bonchev–Trinajstić information content (AvgIpc) is 3.01. The molecule has 0 saturated heterocycles. The molecule has 1 fully saturated rings. The second-order valence-electron chi connectivity index (χ2n) is 5.17. The molecule has 3 rings (SSSR count). The highest BCUT2D eigenvalue weighted by Crippen LogP contribution is 2.52. The molecule has 0 bridgehead atoms. The van der Waals surface area contributed by atoms with Gasteiger partial charge in [-0.05, 0) is 25.0 Å². The van der Waals surface area contributed by atoms with Crippen molar-refractivity contribution in [3.05, 3.63) is 23.3 Å². The van der Waals surface area contributed by atoms with E-state index in [9.17, 15) is 9.59 Å². The maximum absolute atomic E-state index is 12.7. The van der Waals surface area contributed by atoms with E-state index in [-0.39, 0.29) is 11.6 Å². The van der Waals surface area contributed by atoms with Gasteiger partial charge in [0, 0.05) is 0 Å². The summed E-state index contributed by atoms with van der Waals surface area (Å²) in [5, 5.41) is 0. The summed E-state index contributed by atoms with van der Waals surface area (Å²) in [5.74, 6) is 0.775. The van der Waals surface area contributed by atoms with E-state index in [1.54, 1.807) is 12.1 Å². The Morgan fingerprint density at radius 2 is 1.32 bits per heavy atom. The first-order valence-electron chi connectivity index (χ1n) is 6.50. The third-order valence-electron chi connectivity index (χ3n) is 4.35. The molecule has 0 radical (unpaired) electrons. The first kappa shape index (κ1) is 12.2. The van der Waals surface area contributed by atoms with Gasteiger partial charge < -0.3 is 9.47 Å². The number of Topliss-reactive ketones (excluding diaryl/α,β-unsaturated/α-hetero) is 2. The number of carbonyl (C=O) groups excluding carboxylic acids is 2. The molecule has 19 heavy (non-hydrogen) atoms. The van der Waals surface area contributed by atoms with Crippen molar-refractivity contribution in [1.29, 1.82) is 0 Å². The molecule has 1 aromatic carbocycles. The summed E-state index contributed by atoms with van der Waals surface area (Å²) < 4.78 is 10.5. The zero-order chi connectivity index (χ0) is 13.6. The molecule has 1 spiro atoms. The number of ketones is 2. The van der Waals surface area contributed by atoms with Gasteiger partial charge in [0.05, 0.1) is 30.8 Å². The van der Waals surface area contributed by atoms with E-state index in [4.69, 9.17) is 9.47 Å². The highest BCUT2D eigenvalue weighted by atomic mass is 16.5. The average molecular weight is 260 g/mol. The lowest BCUT2D eigenvalue weighted by atomic mass is 9.81. The number of fused-ring (bicyclic) bond motifs is 1. The number of rotatable bonds is 2. The van der Waals surface area contributed by atoms with Gasteiger partial charge in [0.2, 0.25) is 0 Å². The Balaban J connectivity index is 2.26. The van der Waals surface area contributed by atoms with Gasteiger partial charge in [-0.3, -0.25) is 9.59 Å². The molecule has 0 amide bonds. The number of ether oxygens (including phenoxy) is 2. The van der Waals surface area contributed by atoms with Gasteiger partial charge >= 0.3 is 0 Å². The fraction of sp³-hybridized carbons (Fsp3) is 0.467. The third-order valence-corrected chi connectivity index (χ3v) is 4.35. The Bertz CT molecular complexity index is 523. The smallest absolute Gasteiger partial charge is 0.181 e. The number of carbonyl (C=O) groups is 2. The minimum Gasteiger partial charge on any atom is -0.496 e. The van der Waals surface area contributed by atoms with Crippen molar-refractivity contribution in [1.82, 2.24) is 0 Å². The summed E-state index contributed by atoms with van der Waals surface area (Å²) in [7, 11) is 3.03. The molecule has 0 atom stereocenters. The van der Waals surface area contributed by atoms with Gasteiger partial charge in [-0.25, -0.2) is 0 Å². The lowest BCUT2D eigenvalue weighted by molar-refractivity contribution is 0.0704. The van der Waals surface area contributed by atoms with Gasteiger partial charge in [-0.1, -0.05) is 12.8 Å². The minimum atomic E-state index is -0.843. The molecule has 0 heterocycles. The normalized spacial score (nSPS) is 19.9. The topological polar surface area (TPSA) is 52.6 Å². The molecule has 0 aliphatic heterocycles. The maximum Gasteiger partial charge on any atom is 0.181 e. The Morgan fingerprint density at radius 1 is 0.895 bits per heavy atom. The fourth-order valence-corrected chi connectivity index (χ4v) is 3.37. The lowest BCUT2D eigenvalue weighted by Gasteiger charge is -2.18. The SMILES string of the molecule is COc1ccc(OC)c2c1C(=O)C1(CCCC1)C2=O. The van der Waals surface area contributed by atoms with Crippen molar-refractivity contribution < 1.29 is 19.1 Å². The molecule has 100 valence electrons. The molecule has 1 aromatic rings. The van der Waals surface area contributed by atoms with Crippen molar-refractivity contribution in [3.63, 3.8) is 0 Å². The Morgan fingerprint density at radius 3 is 1.68 bits per heavy atom. The first-order chi connectivity index (χ1) is 9.15. The Hall–Kier alpha value is -1.84. The summed E-state index contributed by atoms with van der Waals surface area (Å²) in [4.78, 5) is 25.4. The number of methoxy groups -OCH3 is 2. The predicted molar refractivity (Wildman–Crippen MR) is 69.1 cm³/mol. The van der Waals surface area contributed by atoms with Crippen LogP contribution in [0.1, 0.15) is 46.4 Å². The van der Waals surface area contributed by atoms with Crippen LogP contribution in [0.5, 0.6) is 11.5 Å². The van der Waals surface area contributed by atoms with Crippen molar-refractivity contribution >= 4 is 11.6 Å². The van der Waals surface area contributed by atoms with Crippen LogP contribution in [-0.4, -0.2) is 25.8 Å². The number of hydrogen-bond donors (Lipinski definition) is 0. The van der Waals surface area contributed by atoms with Crippen LogP contribution in [0.3, 0.4) is 0 Å². The molecule has 2 aliphatic rings. The van der Waals surface area contributed by atoms with E-state index in [0.717, 1.165) is 12.8 Å². The van der Waals surface area contributed by atoms with Crippen LogP contribution < -0.4 is 9.47 Å². The van der Waals surface area contributed by atoms with E-state index in [2.05, 4.69) is 0 Å². The molecule has 4 nitrogen and oxygen atoms in total. The molecular formula is C15H16O4. The second kappa shape index (κ2) is 4.08. The molecule has 0 unspecified atom stereocenters. The van der Waals surface area contributed by atoms with E-state index >= 15 is 0 Å². The molecule has 0 aromatic heterocycles. The van der Waals surface area contributed by atoms with Crippen molar-refractivity contribution in [2.75, 3.05) is 14.2 Å². The highest BCUT2D eigenvalue weighted by molar-refractivity contribution is 6.31. The Kier molecular flexibility index (Phi) is 2.62. The van der Waals surface area contributed by atoms with Crippen LogP contribution in [-0.2, 0) is 0 Å². The number of hydrogen-bond acceptors (Lipinski definition) is 4. The predicted octanol–water partition coefficient (Wildman–Crippen LogP) is 2.64. The van der Waals surface area contributed by atoms with E-state index < -0.39 is 5.41 Å². The molecule has 2 aliphatic carbocycles. The summed E-state index contributed by atoms with van der Waals surface area (Å²) in [6, 6.07) is 3.38. The summed E-state index contributed by atoms with van der Waals surface area (Å²) in [6.07, 6.45) is 3.14. The molecule has 1 saturated carbocycles. The van der Waals surface area contributed by atoms with Crippen LogP contribution in [0.2, 0.25) is 0 Å². The maximum atomic E-state index is 12.7. The van der Waals surface area contributed by atoms with Crippen molar-refractivity contribution in [3.8, 4) is 11.5 Å². The molecule has 0 N–H and O–H groups in total. The van der Waals surface area contributed by atoms with E-state index in [0.29, 0.717) is 35.5 Å². The third kappa shape index (κ3) is 1.40. The van der Waals surface area contributed by atoms with Crippen LogP contribution >= 0.6 is 0 Å². The van der Waals surface area contributed by atoms with Gasteiger partial charge in [0.25, 0.3) is 0 Å². The highest BCUT2D eigenvalue weighted by Gasteiger charge is 2.56. The lowest BCUT2D eigenvalue weighted by Crippen LogP contribution is -2.29. The zero-order valence-electron chi connectivity index (χ0n) is 11.1. The van der Waals surface area contributed by atoms with Crippen LogP contribution in [0, 0.1) is 5.41 Å². The number of benzene rings is 1. The summed E-state index contributed by atoms with van der Waals surface area (Å²) in [6.45, 7) is 0. The Labute approximate surface area is 111 Å². The largest absolute Gasteiger partial charge is 0.496 e. The second-order valence-corrected chi connectivity index (χ2v) is 5.17. The minimum absolute atomic E-state index is 0.0826. The fourth-order valence-electron chi connectivity index (χ4n) is 3.37. The van der Waals surface area contributed by atoms with Gasteiger partial charge in [-0.15, -0.1) is 0 Å². The zero-order valence-corrected chi connectivity index (χ0v) is 11.1. The van der Waals surface area contributed by atoms with Crippen LogP contribution in [0.15, 0.2) is 12.1 Å². The monoisotopic (exact) mass is 260 g/mol.